The van der Waals surface area contributed by atoms with Gasteiger partial charge in [-0.1, -0.05) is 0 Å². The number of amides is 2. The standard InChI is InChI=1S/C17H14ClFN4O2/c18-8-7-15(24)20-12-5-6-14-13(9-12)16(23-22-14)17(25)21-11-3-1-10(19)2-4-11/h1-6,9H,7-8H2,(H,20,24)(H,21,25)(H,22,23). The van der Waals surface area contributed by atoms with Gasteiger partial charge in [-0.15, -0.1) is 11.6 Å². The molecule has 6 nitrogen and oxygen atoms in total. The second-order valence-electron chi connectivity index (χ2n) is 5.28. The van der Waals surface area contributed by atoms with Crippen molar-refractivity contribution < 1.29 is 14.0 Å². The number of hydrogen-bond acceptors (Lipinski definition) is 3. The van der Waals surface area contributed by atoms with Crippen LogP contribution in [0.2, 0.25) is 0 Å². The highest BCUT2D eigenvalue weighted by atomic mass is 35.5. The third-order valence-corrected chi connectivity index (χ3v) is 3.67. The van der Waals surface area contributed by atoms with E-state index in [0.717, 1.165) is 0 Å². The minimum absolute atomic E-state index is 0.174. The van der Waals surface area contributed by atoms with Crippen LogP contribution in [0.4, 0.5) is 15.8 Å². The zero-order valence-electron chi connectivity index (χ0n) is 13.0. The molecule has 128 valence electrons. The van der Waals surface area contributed by atoms with Crippen molar-refractivity contribution in [3.63, 3.8) is 0 Å². The number of nitrogens with zero attached hydrogens (tertiary/aromatic N) is 1. The lowest BCUT2D eigenvalue weighted by atomic mass is 10.1. The van der Waals surface area contributed by atoms with Gasteiger partial charge >= 0.3 is 0 Å². The van der Waals surface area contributed by atoms with Crippen molar-refractivity contribution in [1.82, 2.24) is 10.2 Å². The predicted molar refractivity (Wildman–Crippen MR) is 94.4 cm³/mol. The van der Waals surface area contributed by atoms with Gasteiger partial charge in [-0.05, 0) is 42.5 Å². The molecule has 0 aliphatic carbocycles. The fraction of sp³-hybridized carbons (Fsp3) is 0.118. The molecule has 3 rings (SSSR count). The molecule has 0 saturated carbocycles. The third kappa shape index (κ3) is 3.95. The Labute approximate surface area is 147 Å². The minimum Gasteiger partial charge on any atom is -0.326 e. The maximum atomic E-state index is 12.9. The summed E-state index contributed by atoms with van der Waals surface area (Å²) < 4.78 is 12.9. The first-order valence-corrected chi connectivity index (χ1v) is 8.01. The number of carbonyl (C=O) groups excluding carboxylic acids is 2. The highest BCUT2D eigenvalue weighted by Crippen LogP contribution is 2.22. The van der Waals surface area contributed by atoms with Crippen molar-refractivity contribution in [1.29, 1.82) is 0 Å². The number of alkyl halides is 1. The lowest BCUT2D eigenvalue weighted by Gasteiger charge is -2.05. The van der Waals surface area contributed by atoms with E-state index in [1.165, 1.54) is 24.3 Å². The maximum absolute atomic E-state index is 12.9. The molecule has 25 heavy (non-hydrogen) atoms. The van der Waals surface area contributed by atoms with Crippen LogP contribution >= 0.6 is 11.6 Å². The average molecular weight is 361 g/mol. The number of carbonyl (C=O) groups is 2. The van der Waals surface area contributed by atoms with Crippen LogP contribution in [0.25, 0.3) is 10.9 Å². The number of H-pyrrole nitrogens is 1. The van der Waals surface area contributed by atoms with Crippen molar-refractivity contribution in [3.05, 3.63) is 54.0 Å². The number of hydrogen-bond donors (Lipinski definition) is 3. The zero-order valence-corrected chi connectivity index (χ0v) is 13.7. The predicted octanol–water partition coefficient (Wildman–Crippen LogP) is 3.52. The van der Waals surface area contributed by atoms with Crippen LogP contribution in [0.15, 0.2) is 42.5 Å². The lowest BCUT2D eigenvalue weighted by Crippen LogP contribution is -2.13. The summed E-state index contributed by atoms with van der Waals surface area (Å²) in [5.74, 6) is -0.816. The van der Waals surface area contributed by atoms with E-state index in [1.807, 2.05) is 0 Å². The smallest absolute Gasteiger partial charge is 0.276 e. The molecule has 0 radical (unpaired) electrons. The summed E-state index contributed by atoms with van der Waals surface area (Å²) in [4.78, 5) is 24.1. The van der Waals surface area contributed by atoms with E-state index in [0.29, 0.717) is 22.3 Å². The molecule has 2 amide bonds. The number of aromatic nitrogens is 2. The molecule has 0 bridgehead atoms. The fourth-order valence-corrected chi connectivity index (χ4v) is 2.47. The number of benzene rings is 2. The Morgan fingerprint density at radius 3 is 2.52 bits per heavy atom. The molecular formula is C17H14ClFN4O2. The molecule has 0 atom stereocenters. The molecule has 0 saturated heterocycles. The Morgan fingerprint density at radius 1 is 1.08 bits per heavy atom. The van der Waals surface area contributed by atoms with Crippen LogP contribution in [-0.4, -0.2) is 27.9 Å². The van der Waals surface area contributed by atoms with Gasteiger partial charge in [0, 0.05) is 29.1 Å². The zero-order chi connectivity index (χ0) is 17.8. The Balaban J connectivity index is 1.84. The minimum atomic E-state index is -0.443. The van der Waals surface area contributed by atoms with Crippen LogP contribution in [0.5, 0.6) is 0 Å². The third-order valence-electron chi connectivity index (χ3n) is 3.49. The van der Waals surface area contributed by atoms with Gasteiger partial charge in [0.05, 0.1) is 5.52 Å². The van der Waals surface area contributed by atoms with Gasteiger partial charge in [0.25, 0.3) is 5.91 Å². The Kier molecular flexibility index (Phi) is 4.95. The Morgan fingerprint density at radius 2 is 1.80 bits per heavy atom. The van der Waals surface area contributed by atoms with Crippen LogP contribution < -0.4 is 10.6 Å². The van der Waals surface area contributed by atoms with E-state index in [-0.39, 0.29) is 29.7 Å². The number of aromatic amines is 1. The van der Waals surface area contributed by atoms with Crippen LogP contribution in [0.3, 0.4) is 0 Å². The highest BCUT2D eigenvalue weighted by Gasteiger charge is 2.15. The van der Waals surface area contributed by atoms with E-state index in [2.05, 4.69) is 20.8 Å². The second kappa shape index (κ2) is 7.31. The average Bonchev–Trinajstić information content (AvgIpc) is 3.00. The summed E-state index contributed by atoms with van der Waals surface area (Å²) >= 11 is 5.54. The second-order valence-corrected chi connectivity index (χ2v) is 5.66. The highest BCUT2D eigenvalue weighted by molar-refractivity contribution is 6.19. The summed E-state index contributed by atoms with van der Waals surface area (Å²) in [6.45, 7) is 0. The largest absolute Gasteiger partial charge is 0.326 e. The van der Waals surface area contributed by atoms with Gasteiger partial charge in [0.1, 0.15) is 5.82 Å². The van der Waals surface area contributed by atoms with Gasteiger partial charge < -0.3 is 10.6 Å². The van der Waals surface area contributed by atoms with Gasteiger partial charge in [-0.3, -0.25) is 14.7 Å². The molecule has 0 aliphatic rings. The summed E-state index contributed by atoms with van der Waals surface area (Å²) in [6, 6.07) is 10.5. The summed E-state index contributed by atoms with van der Waals surface area (Å²) in [5.41, 5.74) is 1.82. The van der Waals surface area contributed by atoms with Crippen LogP contribution in [-0.2, 0) is 4.79 Å². The molecule has 1 heterocycles. The molecular weight excluding hydrogens is 347 g/mol. The first kappa shape index (κ1) is 16.9. The first-order chi connectivity index (χ1) is 12.1. The van der Waals surface area contributed by atoms with E-state index in [9.17, 15) is 14.0 Å². The molecule has 1 aromatic heterocycles. The quantitative estimate of drug-likeness (QED) is 0.608. The summed E-state index contributed by atoms with van der Waals surface area (Å²) in [5, 5.41) is 12.7. The van der Waals surface area contributed by atoms with E-state index in [4.69, 9.17) is 11.6 Å². The van der Waals surface area contributed by atoms with E-state index < -0.39 is 5.91 Å². The Hall–Kier alpha value is -2.93. The SMILES string of the molecule is O=C(CCCl)Nc1ccc2[nH]nc(C(=O)Nc3ccc(F)cc3)c2c1. The van der Waals surface area contributed by atoms with Crippen molar-refractivity contribution in [3.8, 4) is 0 Å². The summed E-state index contributed by atoms with van der Waals surface area (Å²) in [7, 11) is 0. The number of halogens is 2. The normalized spacial score (nSPS) is 10.6. The fourth-order valence-electron chi connectivity index (χ4n) is 2.30. The van der Waals surface area contributed by atoms with Crippen LogP contribution in [0.1, 0.15) is 16.9 Å². The van der Waals surface area contributed by atoms with Gasteiger partial charge in [-0.2, -0.15) is 5.10 Å². The molecule has 0 spiro atoms. The molecule has 8 heteroatoms. The molecule has 0 aliphatic heterocycles. The number of rotatable bonds is 5. The van der Waals surface area contributed by atoms with Crippen LogP contribution in [0, 0.1) is 5.82 Å². The van der Waals surface area contributed by atoms with Crippen molar-refractivity contribution in [2.24, 2.45) is 0 Å². The number of nitrogens with one attached hydrogen (secondary N) is 3. The van der Waals surface area contributed by atoms with Gasteiger partial charge in [-0.25, -0.2) is 4.39 Å². The molecule has 2 aromatic carbocycles. The van der Waals surface area contributed by atoms with Gasteiger partial charge in [0.2, 0.25) is 5.91 Å². The van der Waals surface area contributed by atoms with Crippen molar-refractivity contribution in [2.75, 3.05) is 16.5 Å². The Bertz CT molecular complexity index is 924. The first-order valence-electron chi connectivity index (χ1n) is 7.47. The van der Waals surface area contributed by atoms with Crippen molar-refractivity contribution >= 4 is 45.7 Å². The van der Waals surface area contributed by atoms with E-state index >= 15 is 0 Å². The maximum Gasteiger partial charge on any atom is 0.276 e. The topological polar surface area (TPSA) is 86.9 Å². The number of anilines is 2. The van der Waals surface area contributed by atoms with E-state index in [1.54, 1.807) is 18.2 Å². The van der Waals surface area contributed by atoms with Crippen molar-refractivity contribution in [2.45, 2.75) is 6.42 Å². The lowest BCUT2D eigenvalue weighted by molar-refractivity contribution is -0.115. The molecule has 0 unspecified atom stereocenters. The molecule has 3 N–H and O–H groups in total. The number of fused-ring (bicyclic) bond motifs is 1. The molecule has 0 fully saturated rings. The monoisotopic (exact) mass is 360 g/mol. The summed E-state index contributed by atoms with van der Waals surface area (Å²) in [6.07, 6.45) is 0.197. The molecule has 3 aromatic rings. The van der Waals surface area contributed by atoms with Gasteiger partial charge in [0.15, 0.2) is 5.69 Å².